The molecule has 2 aliphatic heterocycles. The highest BCUT2D eigenvalue weighted by Crippen LogP contribution is 2.53. The van der Waals surface area contributed by atoms with Crippen molar-refractivity contribution in [3.63, 3.8) is 0 Å². The molecule has 3 atom stereocenters. The van der Waals surface area contributed by atoms with Gasteiger partial charge in [-0.2, -0.15) is 0 Å². The Morgan fingerprint density at radius 2 is 2.13 bits per heavy atom. The summed E-state index contributed by atoms with van der Waals surface area (Å²) in [7, 11) is 0. The number of thiazole rings is 1. The molecule has 1 aromatic carbocycles. The third kappa shape index (κ3) is 2.20. The number of aliphatic carboxylic acids is 1. The van der Waals surface area contributed by atoms with Crippen LogP contribution in [0.2, 0.25) is 5.02 Å². The number of fused-ring (bicyclic) bond motifs is 5. The summed E-state index contributed by atoms with van der Waals surface area (Å²) in [5.41, 5.74) is 0.602. The van der Waals surface area contributed by atoms with E-state index in [1.54, 1.807) is 18.2 Å². The van der Waals surface area contributed by atoms with Gasteiger partial charge in [0, 0.05) is 21.4 Å². The summed E-state index contributed by atoms with van der Waals surface area (Å²) >= 11 is 7.91. The fraction of sp³-hybridized carbons (Fsp3) is 0.214. The lowest BCUT2D eigenvalue weighted by Crippen LogP contribution is -2.48. The number of H-pyrrole nitrogens is 1. The lowest BCUT2D eigenvalue weighted by molar-refractivity contribution is -0.306. The second-order valence-electron chi connectivity index (χ2n) is 5.17. The molecule has 2 aromatic rings. The maximum Gasteiger partial charge on any atom is 0.316 e. The fourth-order valence-electron chi connectivity index (χ4n) is 2.98. The zero-order valence-corrected chi connectivity index (χ0v) is 13.6. The number of carbonyl (C=O) groups is 2. The minimum atomic E-state index is -1.37. The van der Waals surface area contributed by atoms with E-state index in [1.165, 1.54) is 0 Å². The highest BCUT2D eigenvalue weighted by molar-refractivity contribution is 8.00. The Labute approximate surface area is 142 Å². The van der Waals surface area contributed by atoms with Crippen LogP contribution < -0.4 is 14.7 Å². The Kier molecular flexibility index (Phi) is 3.29. The number of nitrogens with one attached hydrogen (secondary N) is 1. The van der Waals surface area contributed by atoms with E-state index in [9.17, 15) is 19.5 Å². The number of aromatic amines is 1. The summed E-state index contributed by atoms with van der Waals surface area (Å²) in [6.07, 6.45) is 0. The first-order chi connectivity index (χ1) is 11.0. The van der Waals surface area contributed by atoms with Gasteiger partial charge in [-0.1, -0.05) is 34.7 Å². The third-order valence-corrected chi connectivity index (χ3v) is 6.50. The van der Waals surface area contributed by atoms with E-state index in [0.717, 1.165) is 23.1 Å². The molecule has 0 spiro atoms. The second-order valence-corrected chi connectivity index (χ2v) is 7.78. The minimum Gasteiger partial charge on any atom is -0.549 e. The lowest BCUT2D eigenvalue weighted by atomic mass is 9.80. The van der Waals surface area contributed by atoms with Crippen LogP contribution in [0.25, 0.3) is 0 Å². The van der Waals surface area contributed by atoms with Gasteiger partial charge in [-0.3, -0.25) is 9.59 Å². The molecule has 0 bridgehead atoms. The number of carboxylic acid groups (broad SMARTS) is 1. The number of hydrogen-bond acceptors (Lipinski definition) is 7. The zero-order chi connectivity index (χ0) is 16.3. The van der Waals surface area contributed by atoms with Crippen LogP contribution >= 0.6 is 34.7 Å². The minimum absolute atomic E-state index is 0.303. The van der Waals surface area contributed by atoms with Gasteiger partial charge in [-0.15, -0.1) is 0 Å². The van der Waals surface area contributed by atoms with Gasteiger partial charge in [0.1, 0.15) is 5.75 Å². The number of rotatable bonds is 1. The monoisotopic (exact) mass is 368 g/mol. The molecular weight excluding hydrogens is 362 g/mol. The van der Waals surface area contributed by atoms with E-state index < -0.39 is 29.0 Å². The quantitative estimate of drug-likeness (QED) is 0.595. The van der Waals surface area contributed by atoms with Gasteiger partial charge in [0.25, 0.3) is 0 Å². The van der Waals surface area contributed by atoms with Gasteiger partial charge < -0.3 is 19.6 Å². The fourth-order valence-corrected chi connectivity index (χ4v) is 5.55. The Morgan fingerprint density at radius 3 is 2.87 bits per heavy atom. The molecule has 6 nitrogen and oxygen atoms in total. The first kappa shape index (κ1) is 14.8. The standard InChI is InChI=1S/C14H8ClNO5S2/c15-4-1-2-6-5(3-4)7-8(13(19)21-6)10(12(17)18)22-11-9(7)23-14(20)16-11/h1-3,7-8,10H,(H,16,20)(H,17,18)/p-1/t7-,8-,10-/m1/s1. The largest absolute Gasteiger partial charge is 0.549 e. The lowest BCUT2D eigenvalue weighted by Gasteiger charge is -2.39. The van der Waals surface area contributed by atoms with Crippen molar-refractivity contribution in [3.05, 3.63) is 43.3 Å². The number of halogens is 1. The van der Waals surface area contributed by atoms with Crippen molar-refractivity contribution < 1.29 is 19.4 Å². The van der Waals surface area contributed by atoms with E-state index in [2.05, 4.69) is 4.98 Å². The van der Waals surface area contributed by atoms with Crippen molar-refractivity contribution in [2.45, 2.75) is 16.2 Å². The molecule has 0 saturated carbocycles. The van der Waals surface area contributed by atoms with Gasteiger partial charge in [0.2, 0.25) is 0 Å². The number of carbonyl (C=O) groups excluding carboxylic acids is 2. The molecule has 23 heavy (non-hydrogen) atoms. The Bertz CT molecular complexity index is 905. The highest BCUT2D eigenvalue weighted by Gasteiger charge is 2.49. The SMILES string of the molecule is O=C1Oc2ccc(Cl)cc2[C@H]2c3sc(=O)[nH]c3S[C@@H](C(=O)[O-])[C@H]12. The van der Waals surface area contributed by atoms with Crippen molar-refractivity contribution in [1.82, 2.24) is 4.98 Å². The molecule has 0 saturated heterocycles. The third-order valence-electron chi connectivity index (χ3n) is 3.88. The predicted octanol–water partition coefficient (Wildman–Crippen LogP) is 0.981. The van der Waals surface area contributed by atoms with Crippen LogP contribution in [-0.4, -0.2) is 22.2 Å². The number of ether oxygens (including phenoxy) is 1. The summed E-state index contributed by atoms with van der Waals surface area (Å²) in [5.74, 6) is -3.23. The average Bonchev–Trinajstić information content (AvgIpc) is 2.86. The van der Waals surface area contributed by atoms with E-state index in [4.69, 9.17) is 16.3 Å². The predicted molar refractivity (Wildman–Crippen MR) is 82.0 cm³/mol. The molecule has 4 rings (SSSR count). The molecule has 1 N–H and O–H groups in total. The molecule has 9 heteroatoms. The Hall–Kier alpha value is -1.77. The summed E-state index contributed by atoms with van der Waals surface area (Å²) in [5, 5.41) is 11.2. The van der Waals surface area contributed by atoms with Crippen molar-refractivity contribution in [2.75, 3.05) is 0 Å². The molecule has 0 fully saturated rings. The van der Waals surface area contributed by atoms with Crippen LogP contribution in [-0.2, 0) is 9.59 Å². The van der Waals surface area contributed by atoms with E-state index in [0.29, 0.717) is 26.2 Å². The number of aromatic nitrogens is 1. The number of hydrogen-bond donors (Lipinski definition) is 1. The van der Waals surface area contributed by atoms with Crippen LogP contribution in [0.1, 0.15) is 16.4 Å². The van der Waals surface area contributed by atoms with Crippen molar-refractivity contribution in [1.29, 1.82) is 0 Å². The summed E-state index contributed by atoms with van der Waals surface area (Å²) in [6.45, 7) is 0. The van der Waals surface area contributed by atoms with E-state index in [1.807, 2.05) is 0 Å². The number of esters is 1. The van der Waals surface area contributed by atoms with Crippen LogP contribution in [0.5, 0.6) is 5.75 Å². The average molecular weight is 369 g/mol. The molecular formula is C14H7ClNO5S2-. The van der Waals surface area contributed by atoms with E-state index in [-0.39, 0.29) is 4.87 Å². The Balaban J connectivity index is 2.00. The van der Waals surface area contributed by atoms with Crippen LogP contribution in [0.4, 0.5) is 0 Å². The first-order valence-corrected chi connectivity index (χ1v) is 8.65. The van der Waals surface area contributed by atoms with E-state index >= 15 is 0 Å². The topological polar surface area (TPSA) is 99.3 Å². The number of benzene rings is 1. The zero-order valence-electron chi connectivity index (χ0n) is 11.2. The summed E-state index contributed by atoms with van der Waals surface area (Å²) in [6, 6.07) is 4.79. The number of thioether (sulfide) groups is 1. The first-order valence-electron chi connectivity index (χ1n) is 6.57. The molecule has 0 aliphatic carbocycles. The van der Waals surface area contributed by atoms with Crippen LogP contribution in [0, 0.1) is 5.92 Å². The number of carboxylic acids is 1. The van der Waals surface area contributed by atoms with Crippen molar-refractivity contribution >= 4 is 46.6 Å². The van der Waals surface area contributed by atoms with Gasteiger partial charge in [0.05, 0.1) is 22.2 Å². The van der Waals surface area contributed by atoms with Crippen molar-refractivity contribution in [2.24, 2.45) is 5.92 Å². The molecule has 2 aliphatic rings. The van der Waals surface area contributed by atoms with Gasteiger partial charge in [0.15, 0.2) is 0 Å². The molecule has 118 valence electrons. The molecule has 0 radical (unpaired) electrons. The van der Waals surface area contributed by atoms with Crippen LogP contribution in [0.15, 0.2) is 28.0 Å². The smallest absolute Gasteiger partial charge is 0.316 e. The second kappa shape index (κ2) is 5.12. The molecule has 0 amide bonds. The summed E-state index contributed by atoms with van der Waals surface area (Å²) < 4.78 is 5.27. The van der Waals surface area contributed by atoms with Crippen molar-refractivity contribution in [3.8, 4) is 5.75 Å². The van der Waals surface area contributed by atoms with Gasteiger partial charge in [-0.25, -0.2) is 0 Å². The molecule has 3 heterocycles. The van der Waals surface area contributed by atoms with Gasteiger partial charge in [-0.05, 0) is 18.2 Å². The normalized spacial score (nSPS) is 25.1. The summed E-state index contributed by atoms with van der Waals surface area (Å²) in [4.78, 5) is 38.5. The van der Waals surface area contributed by atoms with Crippen LogP contribution in [0.3, 0.4) is 0 Å². The highest BCUT2D eigenvalue weighted by atomic mass is 35.5. The maximum atomic E-state index is 12.4. The molecule has 1 aromatic heterocycles. The Morgan fingerprint density at radius 1 is 1.35 bits per heavy atom. The van der Waals surface area contributed by atoms with Gasteiger partial charge >= 0.3 is 10.8 Å². The molecule has 0 unspecified atom stereocenters. The maximum absolute atomic E-state index is 12.4.